The van der Waals surface area contributed by atoms with Crippen molar-refractivity contribution in [3.63, 3.8) is 0 Å². The molecule has 3 rings (SSSR count). The zero-order valence-corrected chi connectivity index (χ0v) is 29.4. The number of aliphatic carboxylic acids is 1. The standard InChI is InChI=1S/C36H47F2N5O6S/c1-36(2,3)33(31-16-24(27-17-25(37)11-12-28(27)38)19-42(31)18-23-8-5-4-6-9-23)43(32(46)20-44)15-13-29(39)34(47)41-14-7-10-26(45)21-50-22-30(40)35(48)49/h4-6,8-9,11-12,16-17,19,29-30,33,44H,7,10,13-15,18,20-22,39-40H2,1-3H3,(H,41,47)(H,48,49)/t29-,30-,33-/m0/s1. The maximum absolute atomic E-state index is 15.0. The van der Waals surface area contributed by atoms with Crippen molar-refractivity contribution in [1.82, 2.24) is 14.8 Å². The van der Waals surface area contributed by atoms with Gasteiger partial charge in [-0.2, -0.15) is 11.8 Å². The number of Topliss-reactive ketones (excluding diaryl/α,β-unsaturated/α-hetero) is 1. The Morgan fingerprint density at radius 3 is 2.36 bits per heavy atom. The third kappa shape index (κ3) is 11.8. The Morgan fingerprint density at radius 2 is 1.72 bits per heavy atom. The molecule has 0 unspecified atom stereocenters. The van der Waals surface area contributed by atoms with Crippen LogP contribution in [-0.2, 0) is 25.7 Å². The monoisotopic (exact) mass is 715 g/mol. The van der Waals surface area contributed by atoms with Gasteiger partial charge >= 0.3 is 5.97 Å². The minimum atomic E-state index is -1.13. The van der Waals surface area contributed by atoms with Gasteiger partial charge < -0.3 is 36.5 Å². The molecule has 0 fully saturated rings. The minimum absolute atomic E-state index is 0.00425. The molecule has 2 aromatic carbocycles. The van der Waals surface area contributed by atoms with Crippen molar-refractivity contribution in [2.45, 2.75) is 64.7 Å². The second kappa shape index (κ2) is 18.8. The van der Waals surface area contributed by atoms with Crippen LogP contribution in [0.4, 0.5) is 8.78 Å². The first-order valence-corrected chi connectivity index (χ1v) is 17.5. The molecule has 0 aliphatic rings. The summed E-state index contributed by atoms with van der Waals surface area (Å²) in [6.07, 6.45) is 2.31. The van der Waals surface area contributed by atoms with Gasteiger partial charge in [-0.1, -0.05) is 51.1 Å². The lowest BCUT2D eigenvalue weighted by molar-refractivity contribution is -0.140. The molecule has 50 heavy (non-hydrogen) atoms. The number of hydrogen-bond donors (Lipinski definition) is 5. The van der Waals surface area contributed by atoms with Crippen molar-refractivity contribution in [1.29, 1.82) is 0 Å². The Bertz CT molecular complexity index is 1610. The average Bonchev–Trinajstić information content (AvgIpc) is 3.47. The van der Waals surface area contributed by atoms with Crippen LogP contribution in [0.15, 0.2) is 60.8 Å². The fraction of sp³-hybridized carbons (Fsp3) is 0.444. The van der Waals surface area contributed by atoms with E-state index < -0.39 is 59.6 Å². The Labute approximate surface area is 295 Å². The second-order valence-electron chi connectivity index (χ2n) is 13.2. The smallest absolute Gasteiger partial charge is 0.321 e. The number of rotatable bonds is 19. The molecule has 3 aromatic rings. The summed E-state index contributed by atoms with van der Waals surface area (Å²) in [5, 5.41) is 21.6. The van der Waals surface area contributed by atoms with Crippen LogP contribution in [0.1, 0.15) is 57.3 Å². The molecule has 0 saturated carbocycles. The zero-order chi connectivity index (χ0) is 37.0. The highest BCUT2D eigenvalue weighted by Gasteiger charge is 2.37. The van der Waals surface area contributed by atoms with Gasteiger partial charge in [-0.05, 0) is 48.1 Å². The molecule has 3 atom stereocenters. The molecule has 0 radical (unpaired) electrons. The summed E-state index contributed by atoms with van der Waals surface area (Å²) >= 11 is 1.14. The summed E-state index contributed by atoms with van der Waals surface area (Å²) in [6.45, 7) is 5.52. The molecule has 1 heterocycles. The van der Waals surface area contributed by atoms with Gasteiger partial charge in [-0.15, -0.1) is 0 Å². The normalized spacial score (nSPS) is 13.4. The molecule has 7 N–H and O–H groups in total. The molecule has 0 saturated heterocycles. The Morgan fingerprint density at radius 1 is 1.02 bits per heavy atom. The van der Waals surface area contributed by atoms with E-state index in [9.17, 15) is 33.1 Å². The van der Waals surface area contributed by atoms with E-state index in [0.717, 1.165) is 35.5 Å². The van der Waals surface area contributed by atoms with E-state index in [-0.39, 0.29) is 48.8 Å². The number of nitrogens with zero attached hydrogens (tertiary/aromatic N) is 2. The number of carboxylic acid groups (broad SMARTS) is 1. The lowest BCUT2D eigenvalue weighted by Crippen LogP contribution is -2.47. The lowest BCUT2D eigenvalue weighted by Gasteiger charge is -2.41. The van der Waals surface area contributed by atoms with Crippen LogP contribution in [0.3, 0.4) is 0 Å². The van der Waals surface area contributed by atoms with Crippen LogP contribution < -0.4 is 16.8 Å². The quantitative estimate of drug-likeness (QED) is 0.116. The van der Waals surface area contributed by atoms with Gasteiger partial charge in [-0.25, -0.2) is 8.78 Å². The number of nitrogens with one attached hydrogen (secondary N) is 1. The number of thioether (sulfide) groups is 1. The molecule has 272 valence electrons. The SMILES string of the molecule is CC(C)(C)[C@H](c1cc(-c2cc(F)ccc2F)cn1Cc1ccccc1)N(CC[C@H](N)C(=O)NCCCC(=O)CSC[C@H](N)C(=O)O)C(=O)CO. The largest absolute Gasteiger partial charge is 0.480 e. The summed E-state index contributed by atoms with van der Waals surface area (Å²) in [5.74, 6) is -3.27. The average molecular weight is 716 g/mol. The molecule has 11 nitrogen and oxygen atoms in total. The molecule has 0 aliphatic heterocycles. The Kier molecular flexibility index (Phi) is 15.1. The summed E-state index contributed by atoms with van der Waals surface area (Å²) in [5.41, 5.74) is 13.1. The number of hydrogen-bond acceptors (Lipinski definition) is 8. The van der Waals surface area contributed by atoms with Gasteiger partial charge in [-0.3, -0.25) is 19.2 Å². The predicted molar refractivity (Wildman–Crippen MR) is 189 cm³/mol. The Balaban J connectivity index is 1.77. The maximum Gasteiger partial charge on any atom is 0.321 e. The van der Waals surface area contributed by atoms with Gasteiger partial charge in [0.25, 0.3) is 0 Å². The maximum atomic E-state index is 15.0. The van der Waals surface area contributed by atoms with E-state index in [1.807, 2.05) is 55.7 Å². The number of aromatic nitrogens is 1. The molecule has 0 spiro atoms. The number of halogens is 2. The molecule has 1 aromatic heterocycles. The fourth-order valence-electron chi connectivity index (χ4n) is 5.58. The van der Waals surface area contributed by atoms with E-state index in [1.54, 1.807) is 12.3 Å². The van der Waals surface area contributed by atoms with Gasteiger partial charge in [0.2, 0.25) is 11.8 Å². The number of nitrogens with two attached hydrogens (primary N) is 2. The zero-order valence-electron chi connectivity index (χ0n) is 28.6. The summed E-state index contributed by atoms with van der Waals surface area (Å²) in [7, 11) is 0. The van der Waals surface area contributed by atoms with Gasteiger partial charge in [0.05, 0.1) is 17.8 Å². The second-order valence-corrected chi connectivity index (χ2v) is 14.2. The molecular weight excluding hydrogens is 668 g/mol. The van der Waals surface area contributed by atoms with E-state index >= 15 is 0 Å². The lowest BCUT2D eigenvalue weighted by atomic mass is 9.82. The van der Waals surface area contributed by atoms with Gasteiger partial charge in [0.15, 0.2) is 0 Å². The number of amides is 2. The van der Waals surface area contributed by atoms with Crippen LogP contribution in [0.25, 0.3) is 11.1 Å². The topological polar surface area (TPSA) is 181 Å². The number of aliphatic hydroxyl groups is 1. The highest BCUT2D eigenvalue weighted by molar-refractivity contribution is 8.00. The number of ketones is 1. The van der Waals surface area contributed by atoms with Crippen molar-refractivity contribution in [2.24, 2.45) is 16.9 Å². The van der Waals surface area contributed by atoms with E-state index in [0.29, 0.717) is 24.2 Å². The van der Waals surface area contributed by atoms with Crippen LogP contribution >= 0.6 is 11.8 Å². The van der Waals surface area contributed by atoms with Crippen LogP contribution in [0.5, 0.6) is 0 Å². The van der Waals surface area contributed by atoms with Gasteiger partial charge in [0, 0.05) is 54.8 Å². The third-order valence-corrected chi connectivity index (χ3v) is 9.18. The van der Waals surface area contributed by atoms with E-state index in [1.165, 1.54) is 4.90 Å². The van der Waals surface area contributed by atoms with Crippen LogP contribution in [0, 0.1) is 17.0 Å². The predicted octanol–water partition coefficient (Wildman–Crippen LogP) is 3.72. The first-order valence-electron chi connectivity index (χ1n) is 16.3. The first-order chi connectivity index (χ1) is 23.6. The van der Waals surface area contributed by atoms with Crippen molar-refractivity contribution in [2.75, 3.05) is 31.2 Å². The molecule has 2 amide bonds. The van der Waals surface area contributed by atoms with Crippen LogP contribution in [0.2, 0.25) is 0 Å². The molecule has 14 heteroatoms. The first kappa shape index (κ1) is 40.3. The van der Waals surface area contributed by atoms with Crippen molar-refractivity contribution < 1.29 is 38.2 Å². The number of carboxylic acids is 1. The number of carbonyl (C=O) groups excluding carboxylic acids is 3. The summed E-state index contributed by atoms with van der Waals surface area (Å²) < 4.78 is 31.1. The number of carbonyl (C=O) groups is 4. The molecular formula is C36H47F2N5O6S. The number of aliphatic hydroxyl groups excluding tert-OH is 1. The van der Waals surface area contributed by atoms with E-state index in [2.05, 4.69) is 5.32 Å². The molecule has 0 aliphatic carbocycles. The van der Waals surface area contributed by atoms with Crippen LogP contribution in [-0.4, -0.2) is 86.5 Å². The summed E-state index contributed by atoms with van der Waals surface area (Å²) in [4.78, 5) is 50.6. The van der Waals surface area contributed by atoms with Crippen molar-refractivity contribution in [3.8, 4) is 11.1 Å². The van der Waals surface area contributed by atoms with Crippen molar-refractivity contribution >= 4 is 35.3 Å². The van der Waals surface area contributed by atoms with Crippen molar-refractivity contribution in [3.05, 3.63) is 83.7 Å². The number of benzene rings is 2. The minimum Gasteiger partial charge on any atom is -0.480 e. The third-order valence-electron chi connectivity index (χ3n) is 8.06. The highest BCUT2D eigenvalue weighted by atomic mass is 32.2. The van der Waals surface area contributed by atoms with E-state index in [4.69, 9.17) is 16.6 Å². The Hall–Kier alpha value is -4.11. The highest BCUT2D eigenvalue weighted by Crippen LogP contribution is 2.41. The fourth-order valence-corrected chi connectivity index (χ4v) is 6.47. The summed E-state index contributed by atoms with van der Waals surface area (Å²) in [6, 6.07) is 11.7. The molecule has 0 bridgehead atoms. The van der Waals surface area contributed by atoms with Gasteiger partial charge in [0.1, 0.15) is 30.1 Å².